The second-order valence-electron chi connectivity index (χ2n) is 6.51. The monoisotopic (exact) mass is 475 g/mol. The Kier molecular flexibility index (Phi) is 8.80. The topological polar surface area (TPSA) is 90.3 Å². The first-order chi connectivity index (χ1) is 14.6. The second kappa shape index (κ2) is 10.7. The number of nitrogens with zero attached hydrogens (tertiary/aromatic N) is 2. The maximum absolute atomic E-state index is 13.3. The Morgan fingerprint density at radius 1 is 1.09 bits per heavy atom. The minimum Gasteiger partial charge on any atom is -0.542 e. The molecule has 0 fully saturated rings. The summed E-state index contributed by atoms with van der Waals surface area (Å²) in [5, 5.41) is 3.68. The number of benzene rings is 2. The summed E-state index contributed by atoms with van der Waals surface area (Å²) < 4.78 is 65.3. The number of rotatable bonds is 8. The molecule has 32 heavy (non-hydrogen) atoms. The van der Waals surface area contributed by atoms with E-state index in [0.717, 1.165) is 16.3 Å². The number of aryl methyl sites for hydroxylation is 1. The minimum absolute atomic E-state index is 0. The first-order valence-corrected chi connectivity index (χ1v) is 10.4. The summed E-state index contributed by atoms with van der Waals surface area (Å²) in [7, 11) is -4.04. The normalized spacial score (nSPS) is 11.8. The fraction of sp³-hybridized carbons (Fsp3) is 0.200. The van der Waals surface area contributed by atoms with Crippen LogP contribution in [0.2, 0.25) is 0 Å². The summed E-state index contributed by atoms with van der Waals surface area (Å²) in [4.78, 5) is 16.5. The predicted molar refractivity (Wildman–Crippen MR) is 105 cm³/mol. The fourth-order valence-electron chi connectivity index (χ4n) is 2.67. The number of carbonyl (C=O) groups excluding carboxylic acids is 1. The van der Waals surface area contributed by atoms with Gasteiger partial charge >= 0.3 is 35.7 Å². The quantitative estimate of drug-likeness (QED) is 0.223. The molecule has 7 nitrogen and oxygen atoms in total. The first-order valence-electron chi connectivity index (χ1n) is 8.95. The van der Waals surface area contributed by atoms with E-state index >= 15 is 0 Å². The van der Waals surface area contributed by atoms with E-state index in [-0.39, 0.29) is 58.9 Å². The molecule has 0 saturated carbocycles. The molecule has 0 radical (unpaired) electrons. The minimum atomic E-state index is -4.64. The Hall–Kier alpha value is -2.02. The van der Waals surface area contributed by atoms with Gasteiger partial charge in [-0.1, -0.05) is 34.7 Å². The molecular formula is C20H17F3N3NaO4S. The largest absolute Gasteiger partial charge is 1.00 e. The maximum Gasteiger partial charge on any atom is 1.00 e. The molecule has 12 heteroatoms. The van der Waals surface area contributed by atoms with E-state index in [1.165, 1.54) is 24.3 Å². The molecule has 1 aromatic heterocycles. The summed E-state index contributed by atoms with van der Waals surface area (Å²) in [6.07, 6.45) is -3.20. The van der Waals surface area contributed by atoms with Gasteiger partial charge in [-0.25, -0.2) is 13.1 Å². The van der Waals surface area contributed by atoms with Crippen LogP contribution in [0.15, 0.2) is 59.5 Å². The van der Waals surface area contributed by atoms with Gasteiger partial charge in [0.1, 0.15) is 0 Å². The van der Waals surface area contributed by atoms with Crippen molar-refractivity contribution in [3.05, 3.63) is 65.9 Å². The molecule has 2 aromatic carbocycles. The SMILES string of the molecule is Cc1ccc(-c2cc(C(F)(F)F)nn2-c2ccc(S(=O)(=O)NOCC[C-]=O)cc2)cc1.[Na+]. The summed E-state index contributed by atoms with van der Waals surface area (Å²) in [5.41, 5.74) is 0.839. The van der Waals surface area contributed by atoms with E-state index in [2.05, 4.69) is 5.10 Å². The van der Waals surface area contributed by atoms with Crippen molar-refractivity contribution in [1.82, 2.24) is 14.7 Å². The number of halogens is 3. The third-order valence-corrected chi connectivity index (χ3v) is 5.44. The van der Waals surface area contributed by atoms with Gasteiger partial charge in [0.15, 0.2) is 5.69 Å². The Balaban J connectivity index is 0.00000363. The second-order valence-corrected chi connectivity index (χ2v) is 8.16. The van der Waals surface area contributed by atoms with Crippen LogP contribution < -0.4 is 34.4 Å². The van der Waals surface area contributed by atoms with E-state index in [0.29, 0.717) is 5.56 Å². The van der Waals surface area contributed by atoms with Crippen molar-refractivity contribution in [3.8, 4) is 16.9 Å². The number of hydrogen-bond donors (Lipinski definition) is 1. The van der Waals surface area contributed by atoms with Crippen LogP contribution in [0.5, 0.6) is 0 Å². The van der Waals surface area contributed by atoms with Gasteiger partial charge < -0.3 is 4.79 Å². The fourth-order valence-corrected chi connectivity index (χ4v) is 3.50. The number of alkyl halides is 3. The van der Waals surface area contributed by atoms with E-state index in [1.807, 2.05) is 11.8 Å². The van der Waals surface area contributed by atoms with Gasteiger partial charge in [-0.2, -0.15) is 18.3 Å². The third kappa shape index (κ3) is 6.27. The Morgan fingerprint density at radius 3 is 2.28 bits per heavy atom. The molecule has 0 aliphatic heterocycles. The molecule has 1 N–H and O–H groups in total. The van der Waals surface area contributed by atoms with Crippen molar-refractivity contribution in [2.24, 2.45) is 0 Å². The van der Waals surface area contributed by atoms with E-state index in [9.17, 15) is 26.4 Å². The van der Waals surface area contributed by atoms with Crippen LogP contribution >= 0.6 is 0 Å². The van der Waals surface area contributed by atoms with Crippen molar-refractivity contribution >= 4 is 16.3 Å². The van der Waals surface area contributed by atoms with Crippen LogP contribution in [0.25, 0.3) is 16.9 Å². The van der Waals surface area contributed by atoms with Crippen molar-refractivity contribution in [1.29, 1.82) is 0 Å². The van der Waals surface area contributed by atoms with Crippen molar-refractivity contribution in [3.63, 3.8) is 0 Å². The van der Waals surface area contributed by atoms with Gasteiger partial charge in [-0.3, -0.25) is 11.1 Å². The molecule has 0 amide bonds. The molecule has 164 valence electrons. The summed E-state index contributed by atoms with van der Waals surface area (Å²) in [6.45, 7) is 1.67. The molecular weight excluding hydrogens is 458 g/mol. The molecule has 1 heterocycles. The molecule has 0 aliphatic carbocycles. The van der Waals surface area contributed by atoms with Crippen LogP contribution in [0.4, 0.5) is 13.2 Å². The van der Waals surface area contributed by atoms with Crippen LogP contribution in [0.1, 0.15) is 17.7 Å². The molecule has 0 saturated heterocycles. The van der Waals surface area contributed by atoms with Gasteiger partial charge in [0.05, 0.1) is 16.3 Å². The van der Waals surface area contributed by atoms with Crippen LogP contribution in [0.3, 0.4) is 0 Å². The molecule has 0 atom stereocenters. The molecule has 0 unspecified atom stereocenters. The zero-order chi connectivity index (χ0) is 22.6. The smallest absolute Gasteiger partial charge is 0.542 e. The predicted octanol–water partition coefficient (Wildman–Crippen LogP) is 0.580. The van der Waals surface area contributed by atoms with E-state index < -0.39 is 21.9 Å². The van der Waals surface area contributed by atoms with Gasteiger partial charge in [0.25, 0.3) is 10.0 Å². The van der Waals surface area contributed by atoms with E-state index in [4.69, 9.17) is 4.84 Å². The van der Waals surface area contributed by atoms with Crippen molar-refractivity contribution < 1.29 is 60.8 Å². The number of aromatic nitrogens is 2. The molecule has 0 bridgehead atoms. The Labute approximate surface area is 204 Å². The average molecular weight is 475 g/mol. The van der Waals surface area contributed by atoms with Gasteiger partial charge in [-0.05, 0) is 37.3 Å². The number of hydrogen-bond acceptors (Lipinski definition) is 5. The van der Waals surface area contributed by atoms with Gasteiger partial charge in [0.2, 0.25) is 0 Å². The summed E-state index contributed by atoms with van der Waals surface area (Å²) in [6, 6.07) is 12.9. The summed E-state index contributed by atoms with van der Waals surface area (Å²) >= 11 is 0. The zero-order valence-corrected chi connectivity index (χ0v) is 20.0. The molecule has 0 aliphatic rings. The average Bonchev–Trinajstić information content (AvgIpc) is 3.18. The molecule has 3 rings (SSSR count). The number of sulfonamides is 1. The third-order valence-electron chi connectivity index (χ3n) is 4.21. The van der Waals surface area contributed by atoms with Gasteiger partial charge in [0, 0.05) is 12.2 Å². The Bertz CT molecular complexity index is 1160. The Morgan fingerprint density at radius 2 is 1.72 bits per heavy atom. The van der Waals surface area contributed by atoms with Crippen molar-refractivity contribution in [2.75, 3.05) is 6.61 Å². The van der Waals surface area contributed by atoms with Crippen molar-refractivity contribution in [2.45, 2.75) is 24.4 Å². The standard InChI is InChI=1S/C20H17F3N3O4S.Na/c1-14-3-5-15(6-4-14)18-13-19(20(21,22)23)24-26(18)16-7-9-17(10-8-16)31(28,29)25-30-12-2-11-27;/h3-10,13,25H,2,12H2,1H3;/q-1;+1. The zero-order valence-electron chi connectivity index (χ0n) is 17.2. The maximum atomic E-state index is 13.3. The van der Waals surface area contributed by atoms with Gasteiger partial charge in [-0.15, -0.1) is 6.42 Å². The summed E-state index contributed by atoms with van der Waals surface area (Å²) in [5.74, 6) is 0. The molecule has 3 aromatic rings. The molecule has 0 spiro atoms. The van der Waals surface area contributed by atoms with E-state index in [1.54, 1.807) is 30.6 Å². The first kappa shape index (κ1) is 26.2. The van der Waals surface area contributed by atoms with Crippen LogP contribution in [-0.4, -0.2) is 31.1 Å². The number of nitrogens with one attached hydrogen (secondary N) is 1. The van der Waals surface area contributed by atoms with Crippen LogP contribution in [0, 0.1) is 6.92 Å². The van der Waals surface area contributed by atoms with Crippen LogP contribution in [-0.2, 0) is 25.8 Å².